The van der Waals surface area contributed by atoms with Crippen molar-refractivity contribution >= 4 is 6.09 Å². The lowest BCUT2D eigenvalue weighted by Gasteiger charge is -2.35. The molecule has 0 radical (unpaired) electrons. The van der Waals surface area contributed by atoms with E-state index in [9.17, 15) is 4.79 Å². The predicted molar refractivity (Wildman–Crippen MR) is 74.3 cm³/mol. The maximum Gasteiger partial charge on any atom is 0.410 e. The van der Waals surface area contributed by atoms with Gasteiger partial charge in [-0.1, -0.05) is 0 Å². The first-order valence-corrected chi connectivity index (χ1v) is 7.02. The summed E-state index contributed by atoms with van der Waals surface area (Å²) in [6, 6.07) is 0. The third-order valence-corrected chi connectivity index (χ3v) is 3.53. The van der Waals surface area contributed by atoms with Crippen LogP contribution in [0.3, 0.4) is 0 Å². The van der Waals surface area contributed by atoms with Crippen LogP contribution in [0.5, 0.6) is 0 Å². The molecule has 2 heterocycles. The van der Waals surface area contributed by atoms with Gasteiger partial charge in [-0.25, -0.2) is 4.79 Å². The molecule has 2 rings (SSSR count). The minimum absolute atomic E-state index is 0.187. The minimum Gasteiger partial charge on any atom is -0.444 e. The Morgan fingerprint density at radius 1 is 1.37 bits per heavy atom. The predicted octanol–water partition coefficient (Wildman–Crippen LogP) is 2.01. The van der Waals surface area contributed by atoms with E-state index in [1.54, 1.807) is 0 Å². The number of nitrogens with zero attached hydrogens (tertiary/aromatic N) is 1. The van der Waals surface area contributed by atoms with Gasteiger partial charge < -0.3 is 20.3 Å². The number of piperidine rings is 1. The molecule has 2 aliphatic heterocycles. The van der Waals surface area contributed by atoms with Crippen LogP contribution in [0.1, 0.15) is 40.5 Å². The lowest BCUT2D eigenvalue weighted by Crippen LogP contribution is -2.48. The van der Waals surface area contributed by atoms with Crippen LogP contribution in [-0.4, -0.2) is 35.8 Å². The maximum absolute atomic E-state index is 12.0. The van der Waals surface area contributed by atoms with Gasteiger partial charge in [0.1, 0.15) is 5.60 Å². The summed E-state index contributed by atoms with van der Waals surface area (Å²) in [7, 11) is 0. The zero-order valence-electron chi connectivity index (χ0n) is 12.3. The zero-order chi connectivity index (χ0) is 14.0. The third kappa shape index (κ3) is 3.78. The SMILES string of the molecule is CC1=CNC(C2CCN(C(=O)OC(C)(C)C)CC2)N1. The number of ether oxygens (including phenoxy) is 1. The van der Waals surface area contributed by atoms with Crippen molar-refractivity contribution in [2.75, 3.05) is 13.1 Å². The summed E-state index contributed by atoms with van der Waals surface area (Å²) >= 11 is 0. The number of carbonyl (C=O) groups excluding carboxylic acids is 1. The minimum atomic E-state index is -0.413. The molecule has 0 aliphatic carbocycles. The normalized spacial score (nSPS) is 24.5. The number of hydrogen-bond donors (Lipinski definition) is 2. The number of allylic oxidation sites excluding steroid dienone is 1. The molecular weight excluding hydrogens is 242 g/mol. The fraction of sp³-hybridized carbons (Fsp3) is 0.786. The summed E-state index contributed by atoms with van der Waals surface area (Å²) in [5, 5.41) is 6.77. The van der Waals surface area contributed by atoms with Crippen LogP contribution >= 0.6 is 0 Å². The zero-order valence-corrected chi connectivity index (χ0v) is 12.3. The monoisotopic (exact) mass is 267 g/mol. The molecule has 0 aromatic heterocycles. The Labute approximate surface area is 115 Å². The van der Waals surface area contributed by atoms with Gasteiger partial charge in [0.05, 0.1) is 6.17 Å². The molecular formula is C14H25N3O2. The second-order valence-corrected chi connectivity index (χ2v) is 6.42. The average molecular weight is 267 g/mol. The highest BCUT2D eigenvalue weighted by Gasteiger charge is 2.31. The van der Waals surface area contributed by atoms with Crippen molar-refractivity contribution in [1.29, 1.82) is 0 Å². The topological polar surface area (TPSA) is 53.6 Å². The van der Waals surface area contributed by atoms with Crippen LogP contribution < -0.4 is 10.6 Å². The van der Waals surface area contributed by atoms with Crippen LogP contribution in [0, 0.1) is 5.92 Å². The molecule has 1 atom stereocenters. The first kappa shape index (κ1) is 14.0. The summed E-state index contributed by atoms with van der Waals surface area (Å²) in [5.41, 5.74) is 0.767. The molecule has 1 amide bonds. The van der Waals surface area contributed by atoms with Gasteiger partial charge in [-0.05, 0) is 40.5 Å². The molecule has 0 aromatic rings. The van der Waals surface area contributed by atoms with Crippen molar-refractivity contribution in [2.24, 2.45) is 5.92 Å². The molecule has 0 spiro atoms. The van der Waals surface area contributed by atoms with Gasteiger partial charge in [0.25, 0.3) is 0 Å². The Balaban J connectivity index is 1.78. The number of nitrogens with one attached hydrogen (secondary N) is 2. The second-order valence-electron chi connectivity index (χ2n) is 6.42. The molecule has 5 heteroatoms. The first-order chi connectivity index (χ1) is 8.85. The highest BCUT2D eigenvalue weighted by atomic mass is 16.6. The highest BCUT2D eigenvalue weighted by Crippen LogP contribution is 2.23. The van der Waals surface area contributed by atoms with Crippen molar-refractivity contribution in [3.05, 3.63) is 11.9 Å². The van der Waals surface area contributed by atoms with Crippen LogP contribution in [-0.2, 0) is 4.74 Å². The number of rotatable bonds is 1. The molecule has 1 fully saturated rings. The largest absolute Gasteiger partial charge is 0.444 e. The molecule has 1 unspecified atom stereocenters. The number of carbonyl (C=O) groups is 1. The molecule has 0 saturated carbocycles. The van der Waals surface area contributed by atoms with Gasteiger partial charge in [0.15, 0.2) is 0 Å². The van der Waals surface area contributed by atoms with E-state index >= 15 is 0 Å². The van der Waals surface area contributed by atoms with E-state index in [1.165, 1.54) is 5.70 Å². The molecule has 2 aliphatic rings. The fourth-order valence-corrected chi connectivity index (χ4v) is 2.54. The Kier molecular flexibility index (Phi) is 3.92. The van der Waals surface area contributed by atoms with Crippen molar-refractivity contribution in [2.45, 2.75) is 52.3 Å². The van der Waals surface area contributed by atoms with Crippen LogP contribution in [0.25, 0.3) is 0 Å². The summed E-state index contributed by atoms with van der Waals surface area (Å²) in [4.78, 5) is 13.8. The Morgan fingerprint density at radius 2 is 2.00 bits per heavy atom. The van der Waals surface area contributed by atoms with Gasteiger partial charge in [0, 0.05) is 30.9 Å². The summed E-state index contributed by atoms with van der Waals surface area (Å²) in [6.07, 6.45) is 4.16. The molecule has 108 valence electrons. The molecule has 19 heavy (non-hydrogen) atoms. The first-order valence-electron chi connectivity index (χ1n) is 7.02. The van der Waals surface area contributed by atoms with Gasteiger partial charge in [-0.15, -0.1) is 0 Å². The van der Waals surface area contributed by atoms with E-state index in [1.807, 2.05) is 31.9 Å². The average Bonchev–Trinajstić information content (AvgIpc) is 2.74. The van der Waals surface area contributed by atoms with E-state index in [2.05, 4.69) is 17.6 Å². The van der Waals surface area contributed by atoms with E-state index in [0.29, 0.717) is 12.1 Å². The van der Waals surface area contributed by atoms with E-state index < -0.39 is 5.60 Å². The molecule has 0 aromatic carbocycles. The highest BCUT2D eigenvalue weighted by molar-refractivity contribution is 5.68. The standard InChI is InChI=1S/C14H25N3O2/c1-10-9-15-12(16-10)11-5-7-17(8-6-11)13(18)19-14(2,3)4/h9,11-12,15-16H,5-8H2,1-4H3. The lowest BCUT2D eigenvalue weighted by molar-refractivity contribution is 0.0169. The van der Waals surface area contributed by atoms with Crippen molar-refractivity contribution < 1.29 is 9.53 Å². The molecule has 2 N–H and O–H groups in total. The number of likely N-dealkylation sites (tertiary alicyclic amines) is 1. The quantitative estimate of drug-likeness (QED) is 0.763. The second kappa shape index (κ2) is 5.31. The van der Waals surface area contributed by atoms with E-state index in [4.69, 9.17) is 4.74 Å². The van der Waals surface area contributed by atoms with Crippen LogP contribution in [0.4, 0.5) is 4.79 Å². The number of hydrogen-bond acceptors (Lipinski definition) is 4. The van der Waals surface area contributed by atoms with Crippen molar-refractivity contribution in [3.8, 4) is 0 Å². The van der Waals surface area contributed by atoms with Gasteiger partial charge in [-0.3, -0.25) is 0 Å². The van der Waals surface area contributed by atoms with Crippen LogP contribution in [0.15, 0.2) is 11.9 Å². The third-order valence-electron chi connectivity index (χ3n) is 3.53. The fourth-order valence-electron chi connectivity index (χ4n) is 2.54. The lowest BCUT2D eigenvalue weighted by atomic mass is 9.94. The van der Waals surface area contributed by atoms with Crippen LogP contribution in [0.2, 0.25) is 0 Å². The summed E-state index contributed by atoms with van der Waals surface area (Å²) < 4.78 is 5.40. The van der Waals surface area contributed by atoms with Gasteiger partial charge >= 0.3 is 6.09 Å². The molecule has 5 nitrogen and oxygen atoms in total. The Morgan fingerprint density at radius 3 is 2.47 bits per heavy atom. The molecule has 0 bridgehead atoms. The maximum atomic E-state index is 12.0. The van der Waals surface area contributed by atoms with Gasteiger partial charge in [-0.2, -0.15) is 0 Å². The van der Waals surface area contributed by atoms with Crippen molar-refractivity contribution in [3.63, 3.8) is 0 Å². The Hall–Kier alpha value is -1.39. The summed E-state index contributed by atoms with van der Waals surface area (Å²) in [5.74, 6) is 0.562. The Bertz CT molecular complexity index is 365. The molecule has 1 saturated heterocycles. The van der Waals surface area contributed by atoms with Gasteiger partial charge in [0.2, 0.25) is 0 Å². The number of amides is 1. The smallest absolute Gasteiger partial charge is 0.410 e. The summed E-state index contributed by atoms with van der Waals surface area (Å²) in [6.45, 7) is 9.31. The van der Waals surface area contributed by atoms with E-state index in [-0.39, 0.29) is 6.09 Å². The van der Waals surface area contributed by atoms with Crippen molar-refractivity contribution in [1.82, 2.24) is 15.5 Å². The van der Waals surface area contributed by atoms with E-state index in [0.717, 1.165) is 25.9 Å².